The number of aromatic hydroxyl groups is 1. The normalized spacial score (nSPS) is 17.7. The molecule has 22 heavy (non-hydrogen) atoms. The van der Waals surface area contributed by atoms with Crippen molar-refractivity contribution in [2.75, 3.05) is 26.2 Å². The van der Waals surface area contributed by atoms with Crippen LogP contribution in [0.2, 0.25) is 0 Å². The number of phenols is 1. The van der Waals surface area contributed by atoms with Crippen molar-refractivity contribution in [3.8, 4) is 5.75 Å². The van der Waals surface area contributed by atoms with Crippen LogP contribution < -0.4 is 5.32 Å². The first kappa shape index (κ1) is 15.3. The Hall–Kier alpha value is -1.58. The third kappa shape index (κ3) is 3.11. The number of rotatable bonds is 5. The van der Waals surface area contributed by atoms with Crippen molar-refractivity contribution in [2.45, 2.75) is 32.2 Å². The number of unbranched alkanes of at least 4 members (excludes halogenated alkanes) is 1. The van der Waals surface area contributed by atoms with Gasteiger partial charge in [-0.1, -0.05) is 50.1 Å². The van der Waals surface area contributed by atoms with Gasteiger partial charge >= 0.3 is 0 Å². The largest absolute Gasteiger partial charge is 0.507 e. The lowest BCUT2D eigenvalue weighted by atomic mass is 9.93. The number of hydrogen-bond acceptors (Lipinski definition) is 3. The van der Waals surface area contributed by atoms with E-state index in [1.807, 2.05) is 18.2 Å². The summed E-state index contributed by atoms with van der Waals surface area (Å²) < 4.78 is 0. The first-order valence-corrected chi connectivity index (χ1v) is 8.46. The Bertz CT molecular complexity index is 620. The summed E-state index contributed by atoms with van der Waals surface area (Å²) in [5.74, 6) is 0.383. The zero-order valence-electron chi connectivity index (χ0n) is 13.4. The molecule has 1 aliphatic rings. The minimum atomic E-state index is 0.383. The van der Waals surface area contributed by atoms with Crippen molar-refractivity contribution in [2.24, 2.45) is 0 Å². The van der Waals surface area contributed by atoms with Crippen LogP contribution in [0.3, 0.4) is 0 Å². The highest BCUT2D eigenvalue weighted by Crippen LogP contribution is 2.35. The van der Waals surface area contributed by atoms with Gasteiger partial charge in [-0.2, -0.15) is 0 Å². The van der Waals surface area contributed by atoms with Gasteiger partial charge in [0, 0.05) is 37.6 Å². The molecule has 1 heterocycles. The van der Waals surface area contributed by atoms with Crippen molar-refractivity contribution < 1.29 is 5.11 Å². The topological polar surface area (TPSA) is 35.5 Å². The molecule has 3 nitrogen and oxygen atoms in total. The van der Waals surface area contributed by atoms with Crippen LogP contribution in [0.5, 0.6) is 5.75 Å². The molecule has 1 saturated heterocycles. The average molecular weight is 298 g/mol. The Kier molecular flexibility index (Phi) is 4.96. The maximum absolute atomic E-state index is 10.1. The highest BCUT2D eigenvalue weighted by atomic mass is 16.3. The summed E-state index contributed by atoms with van der Waals surface area (Å²) in [7, 11) is 0. The summed E-state index contributed by atoms with van der Waals surface area (Å²) in [6, 6.07) is 12.7. The maximum Gasteiger partial charge on any atom is 0.123 e. The van der Waals surface area contributed by atoms with Crippen LogP contribution in [0.1, 0.15) is 37.8 Å². The Morgan fingerprint density at radius 2 is 1.82 bits per heavy atom. The standard InChI is InChI=1S/C19H26N2O/c1-2-3-8-18(21-13-11-20-12-14-21)16-9-10-19(22)17-7-5-4-6-15(16)17/h4-7,9-10,18,20,22H,2-3,8,11-14H2,1H3/t18-/m0/s1. The summed E-state index contributed by atoms with van der Waals surface area (Å²) in [6.07, 6.45) is 3.65. The average Bonchev–Trinajstić information content (AvgIpc) is 2.58. The van der Waals surface area contributed by atoms with E-state index in [0.29, 0.717) is 11.8 Å². The third-order valence-corrected chi connectivity index (χ3v) is 4.72. The lowest BCUT2D eigenvalue weighted by Crippen LogP contribution is -2.45. The molecule has 0 bridgehead atoms. The fraction of sp³-hybridized carbons (Fsp3) is 0.474. The van der Waals surface area contributed by atoms with E-state index in [2.05, 4.69) is 35.3 Å². The van der Waals surface area contributed by atoms with Crippen molar-refractivity contribution in [1.29, 1.82) is 0 Å². The van der Waals surface area contributed by atoms with Gasteiger partial charge in [0.1, 0.15) is 5.75 Å². The molecule has 2 aromatic carbocycles. The lowest BCUT2D eigenvalue weighted by Gasteiger charge is -2.36. The second kappa shape index (κ2) is 7.12. The molecule has 2 aromatic rings. The Morgan fingerprint density at radius 3 is 2.55 bits per heavy atom. The SMILES string of the molecule is CCCC[C@@H](c1ccc(O)c2ccccc12)N1CCNCC1. The number of nitrogens with zero attached hydrogens (tertiary/aromatic N) is 1. The molecule has 3 heteroatoms. The minimum Gasteiger partial charge on any atom is -0.507 e. The molecule has 0 aromatic heterocycles. The van der Waals surface area contributed by atoms with Gasteiger partial charge in [0.05, 0.1) is 0 Å². The molecule has 0 spiro atoms. The van der Waals surface area contributed by atoms with E-state index in [1.165, 1.54) is 30.2 Å². The fourth-order valence-corrected chi connectivity index (χ4v) is 3.52. The van der Waals surface area contributed by atoms with Crippen LogP contribution in [0.25, 0.3) is 10.8 Å². The molecular formula is C19H26N2O. The molecule has 0 aliphatic carbocycles. The van der Waals surface area contributed by atoms with Crippen molar-refractivity contribution in [3.05, 3.63) is 42.0 Å². The van der Waals surface area contributed by atoms with E-state index in [9.17, 15) is 5.11 Å². The molecule has 3 rings (SSSR count). The van der Waals surface area contributed by atoms with Gasteiger partial charge in [-0.25, -0.2) is 0 Å². The number of fused-ring (bicyclic) bond motifs is 1. The molecule has 0 saturated carbocycles. The molecular weight excluding hydrogens is 272 g/mol. The fourth-order valence-electron chi connectivity index (χ4n) is 3.52. The van der Waals surface area contributed by atoms with Crippen LogP contribution in [0.4, 0.5) is 0 Å². The number of hydrogen-bond donors (Lipinski definition) is 2. The predicted molar refractivity (Wildman–Crippen MR) is 92.3 cm³/mol. The monoisotopic (exact) mass is 298 g/mol. The summed E-state index contributed by atoms with van der Waals surface area (Å²) in [4.78, 5) is 2.60. The van der Waals surface area contributed by atoms with E-state index >= 15 is 0 Å². The van der Waals surface area contributed by atoms with Gasteiger partial charge in [0.15, 0.2) is 0 Å². The second-order valence-electron chi connectivity index (χ2n) is 6.16. The summed E-state index contributed by atoms with van der Waals surface area (Å²) >= 11 is 0. The smallest absolute Gasteiger partial charge is 0.123 e. The molecule has 118 valence electrons. The number of piperazine rings is 1. The summed E-state index contributed by atoms with van der Waals surface area (Å²) in [5, 5.41) is 15.7. The van der Waals surface area contributed by atoms with Gasteiger partial charge in [0.2, 0.25) is 0 Å². The highest BCUT2D eigenvalue weighted by molar-refractivity contribution is 5.91. The molecule has 0 unspecified atom stereocenters. The van der Waals surface area contributed by atoms with Crippen LogP contribution in [0.15, 0.2) is 36.4 Å². The quantitative estimate of drug-likeness (QED) is 0.884. The zero-order valence-corrected chi connectivity index (χ0v) is 13.4. The van der Waals surface area contributed by atoms with Crippen LogP contribution in [-0.4, -0.2) is 36.2 Å². The minimum absolute atomic E-state index is 0.383. The van der Waals surface area contributed by atoms with Crippen LogP contribution >= 0.6 is 0 Å². The van der Waals surface area contributed by atoms with Gasteiger partial charge < -0.3 is 10.4 Å². The van der Waals surface area contributed by atoms with Crippen LogP contribution in [0, 0.1) is 0 Å². The first-order valence-electron chi connectivity index (χ1n) is 8.46. The Morgan fingerprint density at radius 1 is 1.09 bits per heavy atom. The number of benzene rings is 2. The molecule has 0 radical (unpaired) electrons. The summed E-state index contributed by atoms with van der Waals surface area (Å²) in [6.45, 7) is 6.59. The molecule has 0 amide bonds. The third-order valence-electron chi connectivity index (χ3n) is 4.72. The second-order valence-corrected chi connectivity index (χ2v) is 6.16. The van der Waals surface area contributed by atoms with E-state index in [1.54, 1.807) is 0 Å². The number of phenolic OH excluding ortho intramolecular Hbond substituents is 1. The zero-order chi connectivity index (χ0) is 15.4. The van der Waals surface area contributed by atoms with Crippen molar-refractivity contribution in [3.63, 3.8) is 0 Å². The Labute approximate surface area is 132 Å². The number of nitrogens with one attached hydrogen (secondary N) is 1. The van der Waals surface area contributed by atoms with E-state index in [4.69, 9.17) is 0 Å². The predicted octanol–water partition coefficient (Wildman–Crippen LogP) is 3.68. The Balaban J connectivity index is 2.01. The van der Waals surface area contributed by atoms with E-state index < -0.39 is 0 Å². The summed E-state index contributed by atoms with van der Waals surface area (Å²) in [5.41, 5.74) is 1.36. The first-order chi connectivity index (χ1) is 10.8. The van der Waals surface area contributed by atoms with Gasteiger partial charge in [-0.3, -0.25) is 4.90 Å². The van der Waals surface area contributed by atoms with Gasteiger partial charge in [-0.15, -0.1) is 0 Å². The van der Waals surface area contributed by atoms with E-state index in [0.717, 1.165) is 31.6 Å². The highest BCUT2D eigenvalue weighted by Gasteiger charge is 2.23. The van der Waals surface area contributed by atoms with Crippen molar-refractivity contribution in [1.82, 2.24) is 10.2 Å². The van der Waals surface area contributed by atoms with Gasteiger partial charge in [-0.05, 0) is 23.4 Å². The maximum atomic E-state index is 10.1. The van der Waals surface area contributed by atoms with Crippen LogP contribution in [-0.2, 0) is 0 Å². The lowest BCUT2D eigenvalue weighted by molar-refractivity contribution is 0.164. The molecule has 1 aliphatic heterocycles. The van der Waals surface area contributed by atoms with E-state index in [-0.39, 0.29) is 0 Å². The van der Waals surface area contributed by atoms with Gasteiger partial charge in [0.25, 0.3) is 0 Å². The molecule has 1 atom stereocenters. The molecule has 2 N–H and O–H groups in total. The molecule has 1 fully saturated rings. The van der Waals surface area contributed by atoms with Crippen molar-refractivity contribution >= 4 is 10.8 Å².